The topological polar surface area (TPSA) is 71.2 Å². The van der Waals surface area contributed by atoms with Crippen molar-refractivity contribution in [2.24, 2.45) is 0 Å². The molecule has 22 heavy (non-hydrogen) atoms. The third kappa shape index (κ3) is 2.53. The van der Waals surface area contributed by atoms with E-state index in [0.29, 0.717) is 16.4 Å². The monoisotopic (exact) mass is 331 g/mol. The van der Waals surface area contributed by atoms with Crippen molar-refractivity contribution in [2.45, 2.75) is 9.92 Å². The van der Waals surface area contributed by atoms with Gasteiger partial charge in [0.05, 0.1) is 0 Å². The Bertz CT molecular complexity index is 833. The maximum absolute atomic E-state index is 10.1. The summed E-state index contributed by atoms with van der Waals surface area (Å²) in [5.74, 6) is -0.0976. The maximum Gasteiger partial charge on any atom is 0.145 e. The van der Waals surface area contributed by atoms with Gasteiger partial charge in [0.15, 0.2) is 0 Å². The summed E-state index contributed by atoms with van der Waals surface area (Å²) in [5, 5.41) is 28.0. The number of thiol groups is 1. The molecule has 0 bridgehead atoms. The molecule has 0 radical (unpaired) electrons. The van der Waals surface area contributed by atoms with Crippen LogP contribution in [0.2, 0.25) is 0 Å². The zero-order valence-corrected chi connectivity index (χ0v) is 13.3. The van der Waals surface area contributed by atoms with E-state index < -0.39 is 0 Å². The minimum Gasteiger partial charge on any atom is -0.508 e. The minimum absolute atomic E-state index is 0.0153. The molecule has 0 saturated carbocycles. The molecule has 0 fully saturated rings. The van der Waals surface area contributed by atoms with Crippen LogP contribution in [0.5, 0.6) is 11.5 Å². The van der Waals surface area contributed by atoms with E-state index >= 15 is 0 Å². The lowest BCUT2D eigenvalue weighted by Gasteiger charge is -2.11. The van der Waals surface area contributed by atoms with Crippen LogP contribution in [0.1, 0.15) is 0 Å². The Kier molecular flexibility index (Phi) is 4.00. The van der Waals surface area contributed by atoms with Crippen molar-refractivity contribution < 1.29 is 10.2 Å². The first-order valence-corrected chi connectivity index (χ1v) is 8.09. The van der Waals surface area contributed by atoms with E-state index in [4.69, 9.17) is 0 Å². The van der Waals surface area contributed by atoms with Crippen molar-refractivity contribution in [3.63, 3.8) is 0 Å². The molecule has 0 unspecified atom stereocenters. The SMILES string of the molecule is CSc1ccccc1-c1c(S)nnn1-c1ccc(O)cc1O. The third-order valence-corrected chi connectivity index (χ3v) is 4.30. The lowest BCUT2D eigenvalue weighted by Crippen LogP contribution is -2.00. The van der Waals surface area contributed by atoms with Gasteiger partial charge in [-0.1, -0.05) is 23.4 Å². The highest BCUT2D eigenvalue weighted by Crippen LogP contribution is 2.36. The van der Waals surface area contributed by atoms with Gasteiger partial charge in [-0.05, 0) is 24.5 Å². The first kappa shape index (κ1) is 14.8. The molecule has 3 rings (SSSR count). The summed E-state index contributed by atoms with van der Waals surface area (Å²) in [6.07, 6.45) is 1.99. The van der Waals surface area contributed by atoms with Crippen LogP contribution in [0.25, 0.3) is 16.9 Å². The summed E-state index contributed by atoms with van der Waals surface area (Å²) < 4.78 is 1.52. The highest BCUT2D eigenvalue weighted by atomic mass is 32.2. The van der Waals surface area contributed by atoms with Crippen LogP contribution < -0.4 is 0 Å². The Labute approximate surface area is 137 Å². The summed E-state index contributed by atoms with van der Waals surface area (Å²) >= 11 is 5.99. The quantitative estimate of drug-likeness (QED) is 0.507. The molecule has 0 aliphatic heterocycles. The van der Waals surface area contributed by atoms with Gasteiger partial charge >= 0.3 is 0 Å². The Balaban J connectivity index is 2.24. The zero-order valence-electron chi connectivity index (χ0n) is 11.6. The Hall–Kier alpha value is -2.12. The number of nitrogens with zero attached hydrogens (tertiary/aromatic N) is 3. The molecule has 0 spiro atoms. The number of phenols is 2. The second kappa shape index (κ2) is 5.94. The van der Waals surface area contributed by atoms with Gasteiger partial charge in [0, 0.05) is 16.5 Å². The van der Waals surface area contributed by atoms with Gasteiger partial charge in [-0.15, -0.1) is 29.5 Å². The molecule has 3 aromatic rings. The molecule has 5 nitrogen and oxygen atoms in total. The van der Waals surface area contributed by atoms with Crippen molar-refractivity contribution in [1.82, 2.24) is 15.0 Å². The number of aromatic nitrogens is 3. The molecule has 2 aromatic carbocycles. The van der Waals surface area contributed by atoms with Crippen LogP contribution in [-0.4, -0.2) is 31.5 Å². The predicted molar refractivity (Wildman–Crippen MR) is 89.2 cm³/mol. The minimum atomic E-state index is -0.0823. The van der Waals surface area contributed by atoms with Crippen molar-refractivity contribution in [2.75, 3.05) is 6.26 Å². The smallest absolute Gasteiger partial charge is 0.145 e. The highest BCUT2D eigenvalue weighted by Gasteiger charge is 2.18. The summed E-state index contributed by atoms with van der Waals surface area (Å²) in [6.45, 7) is 0. The van der Waals surface area contributed by atoms with Gasteiger partial charge in [-0.25, -0.2) is 4.68 Å². The van der Waals surface area contributed by atoms with E-state index in [-0.39, 0.29) is 11.5 Å². The molecule has 1 aromatic heterocycles. The normalized spacial score (nSPS) is 10.8. The Morgan fingerprint density at radius 3 is 2.64 bits per heavy atom. The molecule has 2 N–H and O–H groups in total. The number of phenolic OH excluding ortho intramolecular Hbond substituents is 2. The molecule has 0 aliphatic carbocycles. The van der Waals surface area contributed by atoms with E-state index in [2.05, 4.69) is 22.9 Å². The fraction of sp³-hybridized carbons (Fsp3) is 0.0667. The Morgan fingerprint density at radius 1 is 1.14 bits per heavy atom. The fourth-order valence-corrected chi connectivity index (χ4v) is 3.06. The van der Waals surface area contributed by atoms with Crippen molar-refractivity contribution in [1.29, 1.82) is 0 Å². The summed E-state index contributed by atoms with van der Waals surface area (Å²) in [4.78, 5) is 1.06. The molecular weight excluding hydrogens is 318 g/mol. The molecule has 0 amide bonds. The largest absolute Gasteiger partial charge is 0.508 e. The summed E-state index contributed by atoms with van der Waals surface area (Å²) in [5.41, 5.74) is 2.04. The van der Waals surface area contributed by atoms with Crippen LogP contribution >= 0.6 is 24.4 Å². The standard InChI is InChI=1S/C15H13N3O2S2/c1-22-13-5-3-2-4-10(13)14-15(21)16-17-18(14)11-7-6-9(19)8-12(11)20/h2-8,19-21H,1H3. The predicted octanol–water partition coefficient (Wildman–Crippen LogP) is 3.36. The van der Waals surface area contributed by atoms with Gasteiger partial charge < -0.3 is 10.2 Å². The average molecular weight is 331 g/mol. The fourth-order valence-electron chi connectivity index (χ4n) is 2.21. The number of benzene rings is 2. The molecule has 7 heteroatoms. The number of thioether (sulfide) groups is 1. The summed E-state index contributed by atoms with van der Waals surface area (Å²) in [7, 11) is 0. The molecular formula is C15H13N3O2S2. The van der Waals surface area contributed by atoms with Crippen molar-refractivity contribution in [3.8, 4) is 28.4 Å². The second-order valence-corrected chi connectivity index (χ2v) is 5.82. The zero-order chi connectivity index (χ0) is 15.7. The number of hydrogen-bond donors (Lipinski definition) is 3. The van der Waals surface area contributed by atoms with Gasteiger partial charge in [-0.2, -0.15) is 0 Å². The average Bonchev–Trinajstić information content (AvgIpc) is 2.88. The second-order valence-electron chi connectivity index (χ2n) is 4.55. The molecule has 0 aliphatic rings. The van der Waals surface area contributed by atoms with E-state index in [1.54, 1.807) is 17.8 Å². The first-order valence-electron chi connectivity index (χ1n) is 6.42. The van der Waals surface area contributed by atoms with Crippen LogP contribution in [-0.2, 0) is 0 Å². The molecule has 112 valence electrons. The van der Waals surface area contributed by atoms with E-state index in [1.165, 1.54) is 16.8 Å². The first-order chi connectivity index (χ1) is 10.6. The van der Waals surface area contributed by atoms with E-state index in [1.807, 2.05) is 30.5 Å². The number of rotatable bonds is 3. The lowest BCUT2D eigenvalue weighted by atomic mass is 10.1. The van der Waals surface area contributed by atoms with Crippen LogP contribution in [0.3, 0.4) is 0 Å². The van der Waals surface area contributed by atoms with E-state index in [0.717, 1.165) is 10.5 Å². The third-order valence-electron chi connectivity index (χ3n) is 3.20. The van der Waals surface area contributed by atoms with Crippen molar-refractivity contribution in [3.05, 3.63) is 42.5 Å². The van der Waals surface area contributed by atoms with Gasteiger partial charge in [0.25, 0.3) is 0 Å². The van der Waals surface area contributed by atoms with Crippen LogP contribution in [0.15, 0.2) is 52.4 Å². The molecule has 1 heterocycles. The van der Waals surface area contributed by atoms with Crippen LogP contribution in [0.4, 0.5) is 0 Å². The van der Waals surface area contributed by atoms with Crippen molar-refractivity contribution >= 4 is 24.4 Å². The van der Waals surface area contributed by atoms with E-state index in [9.17, 15) is 10.2 Å². The summed E-state index contributed by atoms with van der Waals surface area (Å²) in [6, 6.07) is 12.2. The van der Waals surface area contributed by atoms with Gasteiger partial charge in [0.1, 0.15) is 27.9 Å². The Morgan fingerprint density at radius 2 is 1.91 bits per heavy atom. The highest BCUT2D eigenvalue weighted by molar-refractivity contribution is 7.98. The maximum atomic E-state index is 10.1. The van der Waals surface area contributed by atoms with Crippen LogP contribution in [0, 0.1) is 0 Å². The van der Waals surface area contributed by atoms with Gasteiger partial charge in [0.2, 0.25) is 0 Å². The molecule has 0 atom stereocenters. The number of aromatic hydroxyl groups is 2. The van der Waals surface area contributed by atoms with Gasteiger partial charge in [-0.3, -0.25) is 0 Å². The molecule has 0 saturated heterocycles. The number of hydrogen-bond acceptors (Lipinski definition) is 6. The lowest BCUT2D eigenvalue weighted by molar-refractivity contribution is 0.447.